The van der Waals surface area contributed by atoms with Crippen molar-refractivity contribution < 1.29 is 4.79 Å². The SMILES string of the molecule is CC1=NC(C=Cc2ccc(N(C)C)cc2)=CC(=O)C1. The maximum absolute atomic E-state index is 11.4. The lowest BCUT2D eigenvalue weighted by Gasteiger charge is -2.11. The highest BCUT2D eigenvalue weighted by molar-refractivity contribution is 6.08. The Labute approximate surface area is 114 Å². The number of anilines is 1. The Kier molecular flexibility index (Phi) is 3.95. The Bertz CT molecular complexity index is 563. The summed E-state index contributed by atoms with van der Waals surface area (Å²) in [5, 5.41) is 0. The van der Waals surface area contributed by atoms with E-state index in [0.29, 0.717) is 6.42 Å². The highest BCUT2D eigenvalue weighted by atomic mass is 16.1. The van der Waals surface area contributed by atoms with E-state index in [4.69, 9.17) is 0 Å². The lowest BCUT2D eigenvalue weighted by atomic mass is 10.1. The third kappa shape index (κ3) is 3.65. The average molecular weight is 254 g/mol. The summed E-state index contributed by atoms with van der Waals surface area (Å²) in [7, 11) is 4.03. The second kappa shape index (κ2) is 5.65. The number of nitrogens with zero attached hydrogens (tertiary/aromatic N) is 2. The monoisotopic (exact) mass is 254 g/mol. The molecular weight excluding hydrogens is 236 g/mol. The fourth-order valence-electron chi connectivity index (χ4n) is 1.91. The van der Waals surface area contributed by atoms with Crippen LogP contribution in [0.3, 0.4) is 0 Å². The summed E-state index contributed by atoms with van der Waals surface area (Å²) in [6.07, 6.45) is 5.89. The number of carbonyl (C=O) groups excluding carboxylic acids is 1. The molecule has 98 valence electrons. The van der Waals surface area contributed by atoms with Crippen molar-refractivity contribution in [2.45, 2.75) is 13.3 Å². The van der Waals surface area contributed by atoms with Crippen LogP contribution in [0.15, 0.2) is 47.1 Å². The lowest BCUT2D eigenvalue weighted by Crippen LogP contribution is -2.08. The summed E-state index contributed by atoms with van der Waals surface area (Å²) < 4.78 is 0. The van der Waals surface area contributed by atoms with E-state index in [9.17, 15) is 4.79 Å². The third-order valence-electron chi connectivity index (χ3n) is 2.91. The molecule has 2 rings (SSSR count). The number of allylic oxidation sites excluding steroid dienone is 2. The van der Waals surface area contributed by atoms with Crippen LogP contribution in [0.4, 0.5) is 5.69 Å². The second-order valence-electron chi connectivity index (χ2n) is 4.88. The van der Waals surface area contributed by atoms with Gasteiger partial charge >= 0.3 is 0 Å². The highest BCUT2D eigenvalue weighted by Crippen LogP contribution is 2.15. The van der Waals surface area contributed by atoms with E-state index >= 15 is 0 Å². The number of benzene rings is 1. The number of carbonyl (C=O) groups is 1. The first-order chi connectivity index (χ1) is 9.04. The fourth-order valence-corrected chi connectivity index (χ4v) is 1.91. The van der Waals surface area contributed by atoms with Gasteiger partial charge in [0.2, 0.25) is 0 Å². The van der Waals surface area contributed by atoms with Crippen molar-refractivity contribution in [3.05, 3.63) is 47.7 Å². The van der Waals surface area contributed by atoms with E-state index < -0.39 is 0 Å². The zero-order chi connectivity index (χ0) is 13.8. The van der Waals surface area contributed by atoms with Crippen LogP contribution < -0.4 is 4.90 Å². The zero-order valence-electron chi connectivity index (χ0n) is 11.6. The van der Waals surface area contributed by atoms with Gasteiger partial charge in [0.15, 0.2) is 5.78 Å². The standard InChI is InChI=1S/C16H18N2O/c1-12-10-16(19)11-14(17-12)7-4-13-5-8-15(9-6-13)18(2)3/h4-9,11H,10H2,1-3H3. The smallest absolute Gasteiger partial charge is 0.163 e. The van der Waals surface area contributed by atoms with E-state index in [0.717, 1.165) is 22.7 Å². The Morgan fingerprint density at radius 2 is 1.84 bits per heavy atom. The Hall–Kier alpha value is -2.16. The van der Waals surface area contributed by atoms with Gasteiger partial charge in [-0.25, -0.2) is 0 Å². The van der Waals surface area contributed by atoms with Crippen molar-refractivity contribution in [2.24, 2.45) is 4.99 Å². The van der Waals surface area contributed by atoms with Gasteiger partial charge in [-0.05, 0) is 30.7 Å². The van der Waals surface area contributed by atoms with Gasteiger partial charge in [0.05, 0.1) is 5.70 Å². The Morgan fingerprint density at radius 3 is 2.42 bits per heavy atom. The van der Waals surface area contributed by atoms with Gasteiger partial charge in [-0.3, -0.25) is 9.79 Å². The number of ketones is 1. The van der Waals surface area contributed by atoms with Crippen LogP contribution in [-0.2, 0) is 4.79 Å². The fraction of sp³-hybridized carbons (Fsp3) is 0.250. The van der Waals surface area contributed by atoms with Gasteiger partial charge in [0, 0.05) is 38.0 Å². The van der Waals surface area contributed by atoms with E-state index in [1.54, 1.807) is 6.08 Å². The van der Waals surface area contributed by atoms with Gasteiger partial charge in [-0.15, -0.1) is 0 Å². The van der Waals surface area contributed by atoms with Gasteiger partial charge in [0.1, 0.15) is 0 Å². The largest absolute Gasteiger partial charge is 0.378 e. The van der Waals surface area contributed by atoms with Crippen LogP contribution >= 0.6 is 0 Å². The molecule has 0 saturated heterocycles. The van der Waals surface area contributed by atoms with Gasteiger partial charge < -0.3 is 4.90 Å². The van der Waals surface area contributed by atoms with Crippen LogP contribution in [0.2, 0.25) is 0 Å². The first-order valence-electron chi connectivity index (χ1n) is 6.29. The average Bonchev–Trinajstić information content (AvgIpc) is 2.36. The molecular formula is C16H18N2O. The van der Waals surface area contributed by atoms with Crippen molar-refractivity contribution >= 4 is 23.3 Å². The minimum absolute atomic E-state index is 0.120. The molecule has 0 amide bonds. The molecule has 19 heavy (non-hydrogen) atoms. The van der Waals surface area contributed by atoms with Crippen LogP contribution in [0.5, 0.6) is 0 Å². The van der Waals surface area contributed by atoms with Crippen molar-refractivity contribution in [2.75, 3.05) is 19.0 Å². The summed E-state index contributed by atoms with van der Waals surface area (Å²) in [6.45, 7) is 1.88. The first kappa shape index (κ1) is 13.3. The quantitative estimate of drug-likeness (QED) is 0.830. The predicted molar refractivity (Wildman–Crippen MR) is 80.6 cm³/mol. The normalized spacial score (nSPS) is 15.4. The summed E-state index contributed by atoms with van der Waals surface area (Å²) in [4.78, 5) is 17.8. The van der Waals surface area contributed by atoms with Crippen molar-refractivity contribution in [3.8, 4) is 0 Å². The molecule has 0 radical (unpaired) electrons. The molecule has 0 aliphatic carbocycles. The molecule has 0 atom stereocenters. The topological polar surface area (TPSA) is 32.7 Å². The van der Waals surface area contributed by atoms with Crippen molar-refractivity contribution in [1.82, 2.24) is 0 Å². The summed E-state index contributed by atoms with van der Waals surface area (Å²) in [5.74, 6) is 0.120. The summed E-state index contributed by atoms with van der Waals surface area (Å²) in [5.41, 5.74) is 3.86. The van der Waals surface area contributed by atoms with Crippen LogP contribution in [0, 0.1) is 0 Å². The molecule has 3 nitrogen and oxygen atoms in total. The van der Waals surface area contributed by atoms with E-state index in [1.165, 1.54) is 0 Å². The molecule has 0 spiro atoms. The summed E-state index contributed by atoms with van der Waals surface area (Å²) in [6, 6.07) is 8.23. The summed E-state index contributed by atoms with van der Waals surface area (Å²) >= 11 is 0. The maximum Gasteiger partial charge on any atom is 0.163 e. The molecule has 1 aliphatic heterocycles. The number of hydrogen-bond donors (Lipinski definition) is 0. The van der Waals surface area contributed by atoms with Gasteiger partial charge in [-0.2, -0.15) is 0 Å². The number of rotatable bonds is 3. The molecule has 1 aromatic rings. The first-order valence-corrected chi connectivity index (χ1v) is 6.29. The molecule has 0 bridgehead atoms. The van der Waals surface area contributed by atoms with Crippen LogP contribution in [0.25, 0.3) is 6.08 Å². The molecule has 0 fully saturated rings. The number of hydrogen-bond acceptors (Lipinski definition) is 3. The van der Waals surface area contributed by atoms with Crippen molar-refractivity contribution in [3.63, 3.8) is 0 Å². The maximum atomic E-state index is 11.4. The van der Waals surface area contributed by atoms with E-state index in [2.05, 4.69) is 22.0 Å². The molecule has 0 N–H and O–H groups in total. The molecule has 0 unspecified atom stereocenters. The third-order valence-corrected chi connectivity index (χ3v) is 2.91. The van der Waals surface area contributed by atoms with Gasteiger partial charge in [-0.1, -0.05) is 18.2 Å². The Morgan fingerprint density at radius 1 is 1.16 bits per heavy atom. The lowest BCUT2D eigenvalue weighted by molar-refractivity contribution is -0.113. The molecule has 0 saturated carbocycles. The molecule has 3 heteroatoms. The van der Waals surface area contributed by atoms with E-state index in [1.807, 2.05) is 45.3 Å². The Balaban J connectivity index is 2.12. The molecule has 1 heterocycles. The number of aliphatic imine (C=N–C) groups is 1. The molecule has 1 aliphatic rings. The predicted octanol–water partition coefficient (Wildman–Crippen LogP) is 3.08. The van der Waals surface area contributed by atoms with E-state index in [-0.39, 0.29) is 5.78 Å². The second-order valence-corrected chi connectivity index (χ2v) is 4.88. The van der Waals surface area contributed by atoms with Crippen molar-refractivity contribution in [1.29, 1.82) is 0 Å². The van der Waals surface area contributed by atoms with Crippen LogP contribution in [0.1, 0.15) is 18.9 Å². The van der Waals surface area contributed by atoms with Crippen LogP contribution in [-0.4, -0.2) is 25.6 Å². The van der Waals surface area contributed by atoms with Gasteiger partial charge in [0.25, 0.3) is 0 Å². The minimum atomic E-state index is 0.120. The molecule has 0 aromatic heterocycles. The molecule has 1 aromatic carbocycles. The zero-order valence-corrected chi connectivity index (χ0v) is 11.6. The highest BCUT2D eigenvalue weighted by Gasteiger charge is 2.07. The minimum Gasteiger partial charge on any atom is -0.378 e.